The van der Waals surface area contributed by atoms with E-state index in [2.05, 4.69) is 9.97 Å². The van der Waals surface area contributed by atoms with Gasteiger partial charge in [0, 0.05) is 38.4 Å². The number of carbonyl (C=O) groups is 1. The van der Waals surface area contributed by atoms with Gasteiger partial charge in [0.05, 0.1) is 11.0 Å². The van der Waals surface area contributed by atoms with Gasteiger partial charge in [0.25, 0.3) is 0 Å². The molecule has 0 radical (unpaired) electrons. The van der Waals surface area contributed by atoms with Crippen molar-refractivity contribution in [3.8, 4) is 0 Å². The molecule has 7 heteroatoms. The molecule has 0 fully saturated rings. The Bertz CT molecular complexity index is 588. The molecule has 0 spiro atoms. The molecule has 1 N–H and O–H groups in total. The zero-order valence-corrected chi connectivity index (χ0v) is 12.1. The number of halogens is 2. The van der Waals surface area contributed by atoms with Crippen molar-refractivity contribution in [3.05, 3.63) is 23.8 Å². The van der Waals surface area contributed by atoms with Crippen LogP contribution in [0.25, 0.3) is 11.0 Å². The number of aromatic nitrogens is 2. The molecular formula is C13H15F2N3OS. The Morgan fingerprint density at radius 3 is 2.75 bits per heavy atom. The van der Waals surface area contributed by atoms with Crippen LogP contribution in [-0.4, -0.2) is 40.6 Å². The summed E-state index contributed by atoms with van der Waals surface area (Å²) < 4.78 is 26.1. The maximum atomic E-state index is 13.1. The van der Waals surface area contributed by atoms with Gasteiger partial charge in [-0.25, -0.2) is 13.8 Å². The molecule has 2 rings (SSSR count). The number of fused-ring (bicyclic) bond motifs is 1. The number of carbonyl (C=O) groups excluding carboxylic acids is 1. The van der Waals surface area contributed by atoms with Crippen molar-refractivity contribution in [2.45, 2.75) is 18.0 Å². The molecule has 0 unspecified atom stereocenters. The molecule has 1 heterocycles. The van der Waals surface area contributed by atoms with Crippen molar-refractivity contribution >= 4 is 28.7 Å². The van der Waals surface area contributed by atoms with Crippen molar-refractivity contribution in [2.75, 3.05) is 19.8 Å². The largest absolute Gasteiger partial charge is 0.349 e. The summed E-state index contributed by atoms with van der Waals surface area (Å²) in [6.45, 7) is 0. The van der Waals surface area contributed by atoms with Gasteiger partial charge in [-0.2, -0.15) is 0 Å². The SMILES string of the molecule is CN(C)C(=O)CCCSc1nc2cc(F)c(F)cc2[nH]1. The zero-order chi connectivity index (χ0) is 14.7. The minimum absolute atomic E-state index is 0.0827. The van der Waals surface area contributed by atoms with Crippen molar-refractivity contribution in [1.82, 2.24) is 14.9 Å². The lowest BCUT2D eigenvalue weighted by atomic mass is 10.3. The van der Waals surface area contributed by atoms with E-state index in [4.69, 9.17) is 0 Å². The lowest BCUT2D eigenvalue weighted by Crippen LogP contribution is -2.21. The predicted octanol–water partition coefficient (Wildman–Crippen LogP) is 2.80. The molecule has 1 amide bonds. The smallest absolute Gasteiger partial charge is 0.222 e. The third kappa shape index (κ3) is 3.47. The van der Waals surface area contributed by atoms with E-state index < -0.39 is 11.6 Å². The minimum atomic E-state index is -0.905. The number of hydrogen-bond donors (Lipinski definition) is 1. The molecule has 0 saturated heterocycles. The maximum Gasteiger partial charge on any atom is 0.222 e. The third-order valence-corrected chi connectivity index (χ3v) is 3.73. The van der Waals surface area contributed by atoms with Crippen LogP contribution in [0.4, 0.5) is 8.78 Å². The second-order valence-electron chi connectivity index (χ2n) is 4.57. The number of benzene rings is 1. The molecule has 0 atom stereocenters. The Balaban J connectivity index is 1.92. The maximum absolute atomic E-state index is 13.1. The number of hydrogen-bond acceptors (Lipinski definition) is 3. The number of amides is 1. The van der Waals surface area contributed by atoms with E-state index in [-0.39, 0.29) is 5.91 Å². The highest BCUT2D eigenvalue weighted by molar-refractivity contribution is 7.99. The van der Waals surface area contributed by atoms with E-state index in [1.165, 1.54) is 11.8 Å². The monoisotopic (exact) mass is 299 g/mol. The standard InChI is InChI=1S/C13H15F2N3OS/c1-18(2)12(19)4-3-5-20-13-16-10-6-8(14)9(15)7-11(10)17-13/h6-7H,3-5H2,1-2H3,(H,16,17). The van der Waals surface area contributed by atoms with Crippen LogP contribution in [0.2, 0.25) is 0 Å². The van der Waals surface area contributed by atoms with Crippen LogP contribution in [-0.2, 0) is 4.79 Å². The topological polar surface area (TPSA) is 49.0 Å². The quantitative estimate of drug-likeness (QED) is 0.682. The Morgan fingerprint density at radius 1 is 1.35 bits per heavy atom. The molecule has 20 heavy (non-hydrogen) atoms. The van der Waals surface area contributed by atoms with Gasteiger partial charge in [0.1, 0.15) is 0 Å². The van der Waals surface area contributed by atoms with Crippen LogP contribution in [0.15, 0.2) is 17.3 Å². The summed E-state index contributed by atoms with van der Waals surface area (Å²) in [7, 11) is 3.44. The number of rotatable bonds is 5. The highest BCUT2D eigenvalue weighted by atomic mass is 32.2. The van der Waals surface area contributed by atoms with Gasteiger partial charge < -0.3 is 9.88 Å². The lowest BCUT2D eigenvalue weighted by molar-refractivity contribution is -0.128. The molecule has 0 saturated carbocycles. The molecule has 2 aromatic rings. The first kappa shape index (κ1) is 14.8. The molecular weight excluding hydrogens is 284 g/mol. The summed E-state index contributed by atoms with van der Waals surface area (Å²) in [6.07, 6.45) is 1.20. The van der Waals surface area contributed by atoms with E-state index in [0.29, 0.717) is 28.4 Å². The van der Waals surface area contributed by atoms with Crippen molar-refractivity contribution in [3.63, 3.8) is 0 Å². The molecule has 1 aromatic carbocycles. The summed E-state index contributed by atoms with van der Waals surface area (Å²) in [4.78, 5) is 20.0. The number of nitrogens with one attached hydrogen (secondary N) is 1. The Labute approximate surface area is 119 Å². The Hall–Kier alpha value is -1.63. The van der Waals surface area contributed by atoms with Crippen LogP contribution in [0.5, 0.6) is 0 Å². The van der Waals surface area contributed by atoms with E-state index >= 15 is 0 Å². The summed E-state index contributed by atoms with van der Waals surface area (Å²) in [5.41, 5.74) is 0.867. The highest BCUT2D eigenvalue weighted by Crippen LogP contribution is 2.22. The van der Waals surface area contributed by atoms with Crippen LogP contribution >= 0.6 is 11.8 Å². The summed E-state index contributed by atoms with van der Waals surface area (Å²) in [5, 5.41) is 0.599. The van der Waals surface area contributed by atoms with Gasteiger partial charge in [-0.05, 0) is 6.42 Å². The van der Waals surface area contributed by atoms with Crippen LogP contribution in [0.3, 0.4) is 0 Å². The average Bonchev–Trinajstić information content (AvgIpc) is 2.76. The second-order valence-corrected chi connectivity index (χ2v) is 5.65. The van der Waals surface area contributed by atoms with Gasteiger partial charge in [-0.3, -0.25) is 4.79 Å². The van der Waals surface area contributed by atoms with Crippen LogP contribution < -0.4 is 0 Å². The van der Waals surface area contributed by atoms with Gasteiger partial charge in [0.2, 0.25) is 5.91 Å². The summed E-state index contributed by atoms with van der Waals surface area (Å²) >= 11 is 1.43. The molecule has 0 bridgehead atoms. The first-order valence-corrected chi connectivity index (χ1v) is 7.13. The number of nitrogens with zero attached hydrogens (tertiary/aromatic N) is 2. The van der Waals surface area contributed by atoms with E-state index in [0.717, 1.165) is 18.6 Å². The zero-order valence-electron chi connectivity index (χ0n) is 11.2. The molecule has 0 aliphatic carbocycles. The van der Waals surface area contributed by atoms with Crippen molar-refractivity contribution in [2.24, 2.45) is 0 Å². The normalized spacial score (nSPS) is 11.0. The van der Waals surface area contributed by atoms with Crippen LogP contribution in [0.1, 0.15) is 12.8 Å². The Morgan fingerprint density at radius 2 is 2.05 bits per heavy atom. The minimum Gasteiger partial charge on any atom is -0.349 e. The molecule has 4 nitrogen and oxygen atoms in total. The summed E-state index contributed by atoms with van der Waals surface area (Å²) in [5.74, 6) is -1.00. The number of H-pyrrole nitrogens is 1. The average molecular weight is 299 g/mol. The van der Waals surface area contributed by atoms with E-state index in [9.17, 15) is 13.6 Å². The fourth-order valence-corrected chi connectivity index (χ4v) is 2.49. The number of imidazole rings is 1. The number of aromatic amines is 1. The van der Waals surface area contributed by atoms with Gasteiger partial charge >= 0.3 is 0 Å². The van der Waals surface area contributed by atoms with Crippen LogP contribution in [0, 0.1) is 11.6 Å². The lowest BCUT2D eigenvalue weighted by Gasteiger charge is -2.08. The summed E-state index contributed by atoms with van der Waals surface area (Å²) in [6, 6.07) is 2.16. The predicted molar refractivity (Wildman–Crippen MR) is 74.7 cm³/mol. The number of thioether (sulfide) groups is 1. The molecule has 0 aliphatic rings. The second kappa shape index (κ2) is 6.21. The molecule has 0 aliphatic heterocycles. The molecule has 108 valence electrons. The van der Waals surface area contributed by atoms with Gasteiger partial charge in [-0.1, -0.05) is 11.8 Å². The van der Waals surface area contributed by atoms with E-state index in [1.54, 1.807) is 19.0 Å². The fraction of sp³-hybridized carbons (Fsp3) is 0.385. The first-order valence-electron chi connectivity index (χ1n) is 6.15. The highest BCUT2D eigenvalue weighted by Gasteiger charge is 2.09. The van der Waals surface area contributed by atoms with E-state index in [1.807, 2.05) is 0 Å². The van der Waals surface area contributed by atoms with Crippen molar-refractivity contribution in [1.29, 1.82) is 0 Å². The Kier molecular flexibility index (Phi) is 4.59. The first-order chi connectivity index (χ1) is 9.47. The fourth-order valence-electron chi connectivity index (χ4n) is 1.67. The molecule has 1 aromatic heterocycles. The van der Waals surface area contributed by atoms with Gasteiger partial charge in [-0.15, -0.1) is 0 Å². The van der Waals surface area contributed by atoms with Crippen molar-refractivity contribution < 1.29 is 13.6 Å². The third-order valence-electron chi connectivity index (χ3n) is 2.77. The van der Waals surface area contributed by atoms with Gasteiger partial charge in [0.15, 0.2) is 16.8 Å².